The largest absolute Gasteiger partial charge is 0.347 e. The van der Waals surface area contributed by atoms with E-state index < -0.39 is 0 Å². The van der Waals surface area contributed by atoms with Crippen molar-refractivity contribution in [3.05, 3.63) is 41.0 Å². The Morgan fingerprint density at radius 3 is 2.63 bits per heavy atom. The van der Waals surface area contributed by atoms with Crippen LogP contribution in [-0.4, -0.2) is 26.0 Å². The number of alkyl halides is 1. The van der Waals surface area contributed by atoms with E-state index in [9.17, 15) is 4.79 Å². The number of carbonyl (C=O) groups is 1. The highest BCUT2D eigenvalue weighted by molar-refractivity contribution is 6.30. The summed E-state index contributed by atoms with van der Waals surface area (Å²) in [6.45, 7) is 7.58. The van der Waals surface area contributed by atoms with Crippen LogP contribution in [0.2, 0.25) is 0 Å². The molecule has 0 saturated heterocycles. The summed E-state index contributed by atoms with van der Waals surface area (Å²) in [4.78, 5) is 11.7. The Bertz CT molecular complexity index is 598. The van der Waals surface area contributed by atoms with Crippen molar-refractivity contribution in [2.45, 2.75) is 33.9 Å². The fourth-order valence-electron chi connectivity index (χ4n) is 2.29. The molecule has 19 heavy (non-hydrogen) atoms. The summed E-state index contributed by atoms with van der Waals surface area (Å²) in [5.41, 5.74) is 3.94. The minimum atomic E-state index is -0.0176. The summed E-state index contributed by atoms with van der Waals surface area (Å²) in [5, 5.41) is 4.26. The highest BCUT2D eigenvalue weighted by Gasteiger charge is 2.14. The lowest BCUT2D eigenvalue weighted by Crippen LogP contribution is -2.11. The Morgan fingerprint density at radius 1 is 1.32 bits per heavy atom. The number of hydrogen-bond acceptors (Lipinski definition) is 2. The van der Waals surface area contributed by atoms with Gasteiger partial charge in [-0.25, -0.2) is 0 Å². The van der Waals surface area contributed by atoms with Crippen molar-refractivity contribution in [2.24, 2.45) is 0 Å². The fraction of sp³-hybridized carbons (Fsp3) is 0.429. The standard InChI is InChI=1S/C14H18ClN3O/c1-10-8-16-17(9-10)4-5-18-11(2)6-13(12(18)3)14(19)7-15/h6,8-9H,4-5,7H2,1-3H3. The molecule has 0 fully saturated rings. The number of rotatable bonds is 5. The SMILES string of the molecule is Cc1cnn(CCn2c(C)cc(C(=O)CCl)c2C)c1. The van der Waals surface area contributed by atoms with Crippen molar-refractivity contribution in [2.75, 3.05) is 5.88 Å². The molecule has 0 amide bonds. The van der Waals surface area contributed by atoms with Gasteiger partial charge in [0.25, 0.3) is 0 Å². The van der Waals surface area contributed by atoms with Crippen molar-refractivity contribution < 1.29 is 4.79 Å². The predicted octanol–water partition coefficient (Wildman–Crippen LogP) is 2.73. The van der Waals surface area contributed by atoms with E-state index in [0.717, 1.165) is 35.6 Å². The molecule has 0 aliphatic carbocycles. The Kier molecular flexibility index (Phi) is 4.10. The molecule has 0 saturated carbocycles. The third kappa shape index (κ3) is 2.89. The van der Waals surface area contributed by atoms with E-state index in [2.05, 4.69) is 9.67 Å². The van der Waals surface area contributed by atoms with Gasteiger partial charge in [-0.1, -0.05) is 0 Å². The molecule has 0 aliphatic rings. The third-order valence-electron chi connectivity index (χ3n) is 3.31. The first-order chi connectivity index (χ1) is 9.02. The van der Waals surface area contributed by atoms with Crippen LogP contribution in [0, 0.1) is 20.8 Å². The van der Waals surface area contributed by atoms with Crippen molar-refractivity contribution in [3.8, 4) is 0 Å². The van der Waals surface area contributed by atoms with E-state index in [0.29, 0.717) is 0 Å². The van der Waals surface area contributed by atoms with Crippen LogP contribution in [0.5, 0.6) is 0 Å². The lowest BCUT2D eigenvalue weighted by atomic mass is 10.2. The Morgan fingerprint density at radius 2 is 2.05 bits per heavy atom. The van der Waals surface area contributed by atoms with Gasteiger partial charge in [-0.2, -0.15) is 5.10 Å². The Labute approximate surface area is 118 Å². The summed E-state index contributed by atoms with van der Waals surface area (Å²) in [7, 11) is 0. The van der Waals surface area contributed by atoms with Crippen molar-refractivity contribution in [1.82, 2.24) is 14.3 Å². The number of aromatic nitrogens is 3. The van der Waals surface area contributed by atoms with Gasteiger partial charge in [0, 0.05) is 29.7 Å². The van der Waals surface area contributed by atoms with Crippen LogP contribution in [0.1, 0.15) is 27.3 Å². The van der Waals surface area contributed by atoms with Crippen LogP contribution < -0.4 is 0 Å². The average Bonchev–Trinajstić information content (AvgIpc) is 2.91. The highest BCUT2D eigenvalue weighted by Crippen LogP contribution is 2.16. The molecule has 0 bridgehead atoms. The maximum atomic E-state index is 11.7. The van der Waals surface area contributed by atoms with Crippen LogP contribution in [0.15, 0.2) is 18.5 Å². The van der Waals surface area contributed by atoms with Gasteiger partial charge >= 0.3 is 0 Å². The van der Waals surface area contributed by atoms with Gasteiger partial charge in [-0.05, 0) is 32.4 Å². The summed E-state index contributed by atoms with van der Waals surface area (Å²) in [6, 6.07) is 1.91. The normalized spacial score (nSPS) is 10.9. The zero-order chi connectivity index (χ0) is 14.0. The van der Waals surface area contributed by atoms with E-state index in [-0.39, 0.29) is 11.7 Å². The van der Waals surface area contributed by atoms with Crippen LogP contribution in [0.25, 0.3) is 0 Å². The molecular formula is C14H18ClN3O. The number of Topliss-reactive ketones (excluding diaryl/α,β-unsaturated/α-hetero) is 1. The van der Waals surface area contributed by atoms with Crippen LogP contribution in [0.3, 0.4) is 0 Å². The number of halogens is 1. The molecule has 2 aromatic heterocycles. The molecule has 0 N–H and O–H groups in total. The predicted molar refractivity (Wildman–Crippen MR) is 75.9 cm³/mol. The van der Waals surface area contributed by atoms with Crippen LogP contribution >= 0.6 is 11.6 Å². The summed E-state index contributed by atoms with van der Waals surface area (Å²) in [6.07, 6.45) is 3.86. The zero-order valence-electron chi connectivity index (χ0n) is 11.5. The molecule has 0 aliphatic heterocycles. The molecule has 0 atom stereocenters. The highest BCUT2D eigenvalue weighted by atomic mass is 35.5. The summed E-state index contributed by atoms with van der Waals surface area (Å²) in [5.74, 6) is 0.0128. The van der Waals surface area contributed by atoms with Crippen molar-refractivity contribution in [1.29, 1.82) is 0 Å². The molecule has 0 aromatic carbocycles. The minimum absolute atomic E-state index is 0.0176. The second kappa shape index (κ2) is 5.61. The second-order valence-electron chi connectivity index (χ2n) is 4.77. The summed E-state index contributed by atoms with van der Waals surface area (Å²) >= 11 is 5.62. The van der Waals surface area contributed by atoms with Gasteiger partial charge in [0.05, 0.1) is 18.6 Å². The molecule has 2 heterocycles. The van der Waals surface area contributed by atoms with E-state index in [1.807, 2.05) is 43.9 Å². The minimum Gasteiger partial charge on any atom is -0.347 e. The molecule has 2 rings (SSSR count). The summed E-state index contributed by atoms with van der Waals surface area (Å²) < 4.78 is 4.05. The van der Waals surface area contributed by atoms with Gasteiger partial charge < -0.3 is 4.57 Å². The van der Waals surface area contributed by atoms with E-state index in [4.69, 9.17) is 11.6 Å². The van der Waals surface area contributed by atoms with E-state index >= 15 is 0 Å². The van der Waals surface area contributed by atoms with Gasteiger partial charge in [0.15, 0.2) is 5.78 Å². The molecule has 0 spiro atoms. The molecule has 0 unspecified atom stereocenters. The molecule has 0 radical (unpaired) electrons. The lowest BCUT2D eigenvalue weighted by molar-refractivity contribution is 0.102. The molecule has 102 valence electrons. The first-order valence-corrected chi connectivity index (χ1v) is 6.81. The van der Waals surface area contributed by atoms with Gasteiger partial charge in [0.2, 0.25) is 0 Å². The maximum absolute atomic E-state index is 11.7. The molecular weight excluding hydrogens is 262 g/mol. The smallest absolute Gasteiger partial charge is 0.179 e. The average molecular weight is 280 g/mol. The number of ketones is 1. The Balaban J connectivity index is 2.16. The first kappa shape index (κ1) is 13.9. The fourth-order valence-corrected chi connectivity index (χ4v) is 2.44. The zero-order valence-corrected chi connectivity index (χ0v) is 12.2. The molecule has 5 heteroatoms. The first-order valence-electron chi connectivity index (χ1n) is 6.28. The number of carbonyl (C=O) groups excluding carboxylic acids is 1. The molecule has 4 nitrogen and oxygen atoms in total. The third-order valence-corrected chi connectivity index (χ3v) is 3.55. The number of aryl methyl sites for hydroxylation is 3. The van der Waals surface area contributed by atoms with Crippen LogP contribution in [0.4, 0.5) is 0 Å². The van der Waals surface area contributed by atoms with Crippen LogP contribution in [-0.2, 0) is 13.1 Å². The monoisotopic (exact) mass is 279 g/mol. The van der Waals surface area contributed by atoms with Crippen molar-refractivity contribution >= 4 is 17.4 Å². The van der Waals surface area contributed by atoms with E-state index in [1.165, 1.54) is 0 Å². The van der Waals surface area contributed by atoms with Crippen molar-refractivity contribution in [3.63, 3.8) is 0 Å². The van der Waals surface area contributed by atoms with Gasteiger partial charge in [-0.15, -0.1) is 11.6 Å². The Hall–Kier alpha value is -1.55. The number of nitrogens with zero attached hydrogens (tertiary/aromatic N) is 3. The lowest BCUT2D eigenvalue weighted by Gasteiger charge is -2.09. The topological polar surface area (TPSA) is 39.8 Å². The van der Waals surface area contributed by atoms with E-state index in [1.54, 1.807) is 0 Å². The number of hydrogen-bond donors (Lipinski definition) is 0. The molecule has 2 aromatic rings. The second-order valence-corrected chi connectivity index (χ2v) is 5.04. The van der Waals surface area contributed by atoms with Gasteiger partial charge in [-0.3, -0.25) is 9.48 Å². The quantitative estimate of drug-likeness (QED) is 0.624. The maximum Gasteiger partial charge on any atom is 0.179 e. The van der Waals surface area contributed by atoms with Gasteiger partial charge in [0.1, 0.15) is 0 Å².